The largest absolute Gasteiger partial charge is 0.447 e. The molecule has 2 atom stereocenters. The van der Waals surface area contributed by atoms with Gasteiger partial charge in [-0.1, -0.05) is 26.2 Å². The Labute approximate surface area is 127 Å². The first-order chi connectivity index (χ1) is 9.91. The molecule has 0 aromatic carbocycles. The van der Waals surface area contributed by atoms with Crippen molar-refractivity contribution in [3.05, 3.63) is 17.9 Å². The lowest BCUT2D eigenvalue weighted by atomic mass is 9.80. The summed E-state index contributed by atoms with van der Waals surface area (Å²) in [5.74, 6) is 2.16. The quantitative estimate of drug-likeness (QED) is 0.876. The van der Waals surface area contributed by atoms with E-state index in [1.165, 1.54) is 45.8 Å². The fourth-order valence-electron chi connectivity index (χ4n) is 2.85. The summed E-state index contributed by atoms with van der Waals surface area (Å²) in [6, 6.07) is 3.25. The van der Waals surface area contributed by atoms with E-state index >= 15 is 0 Å². The molecule has 21 heavy (non-hydrogen) atoms. The van der Waals surface area contributed by atoms with Crippen LogP contribution >= 0.6 is 0 Å². The smallest absolute Gasteiger partial charge is 0.275 e. The Kier molecular flexibility index (Phi) is 5.46. The molecule has 0 spiro atoms. The lowest BCUT2D eigenvalue weighted by Gasteiger charge is -2.28. The summed E-state index contributed by atoms with van der Waals surface area (Å²) in [5.41, 5.74) is 0. The maximum Gasteiger partial charge on any atom is 0.275 e. The summed E-state index contributed by atoms with van der Waals surface area (Å²) in [6.07, 6.45) is 5.27. The fourth-order valence-corrected chi connectivity index (χ4v) is 3.66. The minimum atomic E-state index is -3.47. The van der Waals surface area contributed by atoms with E-state index < -0.39 is 10.0 Å². The van der Waals surface area contributed by atoms with Crippen molar-refractivity contribution in [3.63, 3.8) is 0 Å². The molecule has 0 radical (unpaired) electrons. The van der Waals surface area contributed by atoms with Gasteiger partial charge in [-0.15, -0.1) is 0 Å². The van der Waals surface area contributed by atoms with Crippen LogP contribution in [0.1, 0.15) is 38.4 Å². The second-order valence-corrected chi connectivity index (χ2v) is 8.24. The first-order valence-electron chi connectivity index (χ1n) is 7.63. The van der Waals surface area contributed by atoms with Crippen molar-refractivity contribution in [2.45, 2.75) is 44.2 Å². The van der Waals surface area contributed by atoms with Gasteiger partial charge in [0, 0.05) is 14.1 Å². The van der Waals surface area contributed by atoms with Crippen LogP contribution in [0.4, 0.5) is 0 Å². The van der Waals surface area contributed by atoms with Crippen LogP contribution in [0.3, 0.4) is 0 Å². The second kappa shape index (κ2) is 6.94. The van der Waals surface area contributed by atoms with Gasteiger partial charge in [0.1, 0.15) is 5.76 Å². The predicted molar refractivity (Wildman–Crippen MR) is 82.4 cm³/mol. The highest BCUT2D eigenvalue weighted by Gasteiger charge is 2.22. The molecule has 0 bridgehead atoms. The number of nitrogens with one attached hydrogen (secondary N) is 1. The first-order valence-corrected chi connectivity index (χ1v) is 9.07. The third kappa shape index (κ3) is 4.08. The Morgan fingerprint density at radius 1 is 1.29 bits per heavy atom. The van der Waals surface area contributed by atoms with E-state index in [-0.39, 0.29) is 5.09 Å². The molecule has 1 N–H and O–H groups in total. The second-order valence-electron chi connectivity index (χ2n) is 6.16. The van der Waals surface area contributed by atoms with Crippen LogP contribution in [0.15, 0.2) is 21.6 Å². The number of furan rings is 1. The maximum absolute atomic E-state index is 11.9. The highest BCUT2D eigenvalue weighted by atomic mass is 32.2. The normalized spacial score (nSPS) is 23.6. The van der Waals surface area contributed by atoms with Crippen LogP contribution in [-0.4, -0.2) is 33.4 Å². The molecular formula is C15H26N2O3S. The van der Waals surface area contributed by atoms with Gasteiger partial charge in [0.25, 0.3) is 10.0 Å². The topological polar surface area (TPSA) is 62.6 Å². The van der Waals surface area contributed by atoms with Gasteiger partial charge in [0.2, 0.25) is 5.09 Å². The zero-order valence-electron chi connectivity index (χ0n) is 13.1. The number of hydrogen-bond donors (Lipinski definition) is 1. The molecule has 2 rings (SSSR count). The molecule has 0 aliphatic heterocycles. The van der Waals surface area contributed by atoms with E-state index in [0.717, 1.165) is 22.7 Å². The highest BCUT2D eigenvalue weighted by molar-refractivity contribution is 7.88. The third-order valence-electron chi connectivity index (χ3n) is 4.37. The van der Waals surface area contributed by atoms with Crippen LogP contribution in [0.2, 0.25) is 0 Å². The minimum absolute atomic E-state index is 0.00957. The Morgan fingerprint density at radius 2 is 2.00 bits per heavy atom. The SMILES string of the molecule is CC1CCCCC1CNCc1ccc(S(=O)(=O)N(C)C)o1. The summed E-state index contributed by atoms with van der Waals surface area (Å²) in [7, 11) is -0.471. The molecule has 1 saturated carbocycles. The molecule has 1 aliphatic carbocycles. The molecule has 2 unspecified atom stereocenters. The molecular weight excluding hydrogens is 288 g/mol. The maximum atomic E-state index is 11.9. The van der Waals surface area contributed by atoms with Gasteiger partial charge < -0.3 is 9.73 Å². The molecule has 6 heteroatoms. The fraction of sp³-hybridized carbons (Fsp3) is 0.733. The zero-order valence-corrected chi connectivity index (χ0v) is 13.9. The van der Waals surface area contributed by atoms with E-state index in [2.05, 4.69) is 12.2 Å². The average Bonchev–Trinajstić information content (AvgIpc) is 2.90. The van der Waals surface area contributed by atoms with Crippen molar-refractivity contribution in [1.82, 2.24) is 9.62 Å². The van der Waals surface area contributed by atoms with Crippen molar-refractivity contribution in [1.29, 1.82) is 0 Å². The molecule has 1 aromatic heterocycles. The lowest BCUT2D eigenvalue weighted by Crippen LogP contribution is -2.29. The van der Waals surface area contributed by atoms with Gasteiger partial charge in [0.05, 0.1) is 6.54 Å². The van der Waals surface area contributed by atoms with Gasteiger partial charge in [-0.05, 0) is 36.9 Å². The molecule has 1 aromatic rings. The summed E-state index contributed by atoms with van der Waals surface area (Å²) in [5, 5.41) is 3.40. The molecule has 1 aliphatic rings. The summed E-state index contributed by atoms with van der Waals surface area (Å²) >= 11 is 0. The van der Waals surface area contributed by atoms with E-state index in [0.29, 0.717) is 12.3 Å². The Bertz CT molecular complexity index is 551. The van der Waals surface area contributed by atoms with Gasteiger partial charge >= 0.3 is 0 Å². The Hall–Kier alpha value is -0.850. The zero-order chi connectivity index (χ0) is 15.5. The predicted octanol–water partition coefficient (Wildman–Crippen LogP) is 2.45. The third-order valence-corrected chi connectivity index (χ3v) is 6.06. The number of rotatable bonds is 6. The van der Waals surface area contributed by atoms with E-state index in [4.69, 9.17) is 4.42 Å². The number of sulfonamides is 1. The Morgan fingerprint density at radius 3 is 2.67 bits per heavy atom. The minimum Gasteiger partial charge on any atom is -0.447 e. The summed E-state index contributed by atoms with van der Waals surface area (Å²) in [4.78, 5) is 0. The Balaban J connectivity index is 1.86. The van der Waals surface area contributed by atoms with E-state index in [1.54, 1.807) is 6.07 Å². The number of hydrogen-bond acceptors (Lipinski definition) is 4. The molecule has 1 heterocycles. The van der Waals surface area contributed by atoms with E-state index in [9.17, 15) is 8.42 Å². The standard InChI is InChI=1S/C15H26N2O3S/c1-12-6-4-5-7-13(12)10-16-11-14-8-9-15(20-14)21(18,19)17(2)3/h8-9,12-13,16H,4-7,10-11H2,1-3H3. The van der Waals surface area contributed by atoms with Crippen LogP contribution in [-0.2, 0) is 16.6 Å². The van der Waals surface area contributed by atoms with Gasteiger partial charge in [-0.3, -0.25) is 0 Å². The molecule has 5 nitrogen and oxygen atoms in total. The molecule has 120 valence electrons. The van der Waals surface area contributed by atoms with Crippen molar-refractivity contribution < 1.29 is 12.8 Å². The monoisotopic (exact) mass is 314 g/mol. The lowest BCUT2D eigenvalue weighted by molar-refractivity contribution is 0.245. The van der Waals surface area contributed by atoms with Gasteiger partial charge in [0.15, 0.2) is 0 Å². The molecule has 0 amide bonds. The van der Waals surface area contributed by atoms with Gasteiger partial charge in [-0.25, -0.2) is 12.7 Å². The van der Waals surface area contributed by atoms with Crippen LogP contribution in [0, 0.1) is 11.8 Å². The van der Waals surface area contributed by atoms with Crippen molar-refractivity contribution in [3.8, 4) is 0 Å². The van der Waals surface area contributed by atoms with Crippen LogP contribution in [0.25, 0.3) is 0 Å². The van der Waals surface area contributed by atoms with Crippen LogP contribution < -0.4 is 5.32 Å². The van der Waals surface area contributed by atoms with Crippen molar-refractivity contribution in [2.75, 3.05) is 20.6 Å². The summed E-state index contributed by atoms with van der Waals surface area (Å²) < 4.78 is 30.4. The summed E-state index contributed by atoms with van der Waals surface area (Å²) in [6.45, 7) is 3.87. The molecule has 1 fully saturated rings. The highest BCUT2D eigenvalue weighted by Crippen LogP contribution is 2.29. The first kappa shape index (κ1) is 16.5. The van der Waals surface area contributed by atoms with Crippen molar-refractivity contribution in [2.24, 2.45) is 11.8 Å². The average molecular weight is 314 g/mol. The van der Waals surface area contributed by atoms with Crippen LogP contribution in [0.5, 0.6) is 0 Å². The van der Waals surface area contributed by atoms with E-state index in [1.807, 2.05) is 0 Å². The molecule has 0 saturated heterocycles. The number of nitrogens with zero attached hydrogens (tertiary/aromatic N) is 1. The van der Waals surface area contributed by atoms with Gasteiger partial charge in [-0.2, -0.15) is 0 Å². The van der Waals surface area contributed by atoms with Crippen molar-refractivity contribution >= 4 is 10.0 Å².